The molecule has 0 aliphatic heterocycles. The number of carboxylic acids is 2. The molecule has 3 aromatic carbocycles. The summed E-state index contributed by atoms with van der Waals surface area (Å²) in [5, 5.41) is 22.5. The fourth-order valence-electron chi connectivity index (χ4n) is 4.18. The lowest BCUT2D eigenvalue weighted by Gasteiger charge is -2.18. The molecule has 1 amide bonds. The summed E-state index contributed by atoms with van der Waals surface area (Å²) in [6.45, 7) is 0.229. The van der Waals surface area contributed by atoms with Gasteiger partial charge in [0, 0.05) is 34.0 Å². The second kappa shape index (κ2) is 11.2. The van der Waals surface area contributed by atoms with Crippen molar-refractivity contribution in [1.82, 2.24) is 9.88 Å². The monoisotopic (exact) mass is 562 g/mol. The van der Waals surface area contributed by atoms with Crippen LogP contribution in [0.15, 0.2) is 82.1 Å². The lowest BCUT2D eigenvalue weighted by molar-refractivity contribution is -0.137. The van der Waals surface area contributed by atoms with Gasteiger partial charge >= 0.3 is 11.9 Å². The molecular weight excluding hydrogens is 540 g/mol. The van der Waals surface area contributed by atoms with Crippen LogP contribution in [0.2, 0.25) is 0 Å². The molecule has 0 spiro atoms. The summed E-state index contributed by atoms with van der Waals surface area (Å²) >= 11 is 3.43. The molecule has 4 rings (SSSR count). The minimum atomic E-state index is -1.23. The van der Waals surface area contributed by atoms with E-state index in [4.69, 9.17) is 5.11 Å². The molecule has 1 aromatic heterocycles. The minimum absolute atomic E-state index is 0.00713. The summed E-state index contributed by atoms with van der Waals surface area (Å²) in [5.74, 6) is -2.50. The first-order chi connectivity index (χ1) is 17.8. The van der Waals surface area contributed by atoms with Crippen molar-refractivity contribution in [1.29, 1.82) is 0 Å². The van der Waals surface area contributed by atoms with Crippen molar-refractivity contribution in [2.75, 3.05) is 6.54 Å². The van der Waals surface area contributed by atoms with Gasteiger partial charge in [-0.3, -0.25) is 19.0 Å². The third kappa shape index (κ3) is 5.78. The maximum absolute atomic E-state index is 13.5. The van der Waals surface area contributed by atoms with Gasteiger partial charge < -0.3 is 15.5 Å². The Morgan fingerprint density at radius 2 is 1.59 bits per heavy atom. The molecule has 8 nitrogen and oxygen atoms in total. The molecule has 4 aromatic rings. The summed E-state index contributed by atoms with van der Waals surface area (Å²) < 4.78 is 1.98. The van der Waals surface area contributed by atoms with Crippen molar-refractivity contribution in [3.8, 4) is 11.1 Å². The number of fused-ring (bicyclic) bond motifs is 1. The smallest absolute Gasteiger partial charge is 0.353 e. The van der Waals surface area contributed by atoms with E-state index < -0.39 is 17.5 Å². The Kier molecular flexibility index (Phi) is 7.83. The van der Waals surface area contributed by atoms with Gasteiger partial charge in [0.2, 0.25) is 0 Å². The van der Waals surface area contributed by atoms with Gasteiger partial charge in [-0.1, -0.05) is 58.4 Å². The highest BCUT2D eigenvalue weighted by Gasteiger charge is 2.23. The second-order valence-electron chi connectivity index (χ2n) is 8.43. The molecule has 9 heteroatoms. The van der Waals surface area contributed by atoms with Gasteiger partial charge in [0.25, 0.3) is 11.5 Å². The number of carbonyl (C=O) groups excluding carboxylic acids is 1. The second-order valence-corrected chi connectivity index (χ2v) is 9.34. The van der Waals surface area contributed by atoms with Gasteiger partial charge in [-0.2, -0.15) is 0 Å². The normalized spacial score (nSPS) is 10.8. The molecule has 0 bridgehead atoms. The zero-order valence-corrected chi connectivity index (χ0v) is 21.2. The van der Waals surface area contributed by atoms with Crippen LogP contribution in [0.4, 0.5) is 0 Å². The van der Waals surface area contributed by atoms with E-state index in [-0.39, 0.29) is 31.1 Å². The Labute approximate surface area is 220 Å². The highest BCUT2D eigenvalue weighted by molar-refractivity contribution is 9.10. The number of pyridine rings is 1. The maximum Gasteiger partial charge on any atom is 0.353 e. The van der Waals surface area contributed by atoms with Crippen molar-refractivity contribution >= 4 is 44.5 Å². The van der Waals surface area contributed by atoms with Crippen molar-refractivity contribution < 1.29 is 24.6 Å². The molecule has 188 valence electrons. The Bertz CT molecular complexity index is 1550. The highest BCUT2D eigenvalue weighted by Crippen LogP contribution is 2.32. The van der Waals surface area contributed by atoms with Gasteiger partial charge in [-0.05, 0) is 53.3 Å². The lowest BCUT2D eigenvalue weighted by Crippen LogP contribution is -2.28. The summed E-state index contributed by atoms with van der Waals surface area (Å²) in [6, 6.07) is 20.7. The number of hydrogen-bond donors (Lipinski definition) is 3. The number of aliphatic carboxylic acids is 1. The number of halogens is 1. The molecule has 37 heavy (non-hydrogen) atoms. The van der Waals surface area contributed by atoms with Crippen LogP contribution in [0.25, 0.3) is 21.9 Å². The average Bonchev–Trinajstić information content (AvgIpc) is 2.88. The largest absolute Gasteiger partial charge is 0.481 e. The first-order valence-electron chi connectivity index (χ1n) is 11.5. The lowest BCUT2D eigenvalue weighted by atomic mass is 9.96. The molecule has 3 N–H and O–H groups in total. The molecule has 0 atom stereocenters. The number of carbonyl (C=O) groups is 3. The fourth-order valence-corrected chi connectivity index (χ4v) is 4.54. The number of hydrogen-bond acceptors (Lipinski definition) is 4. The Hall–Kier alpha value is -4.24. The molecule has 0 radical (unpaired) electrons. The van der Waals surface area contributed by atoms with Gasteiger partial charge in [0.1, 0.15) is 5.69 Å². The van der Waals surface area contributed by atoms with E-state index in [0.717, 1.165) is 4.47 Å². The van der Waals surface area contributed by atoms with Gasteiger partial charge in [-0.25, -0.2) is 4.79 Å². The van der Waals surface area contributed by atoms with Crippen molar-refractivity contribution in [2.45, 2.75) is 19.4 Å². The molecule has 0 unspecified atom stereocenters. The average molecular weight is 563 g/mol. The molecule has 0 aliphatic rings. The van der Waals surface area contributed by atoms with Gasteiger partial charge in [0.05, 0.1) is 6.54 Å². The third-order valence-corrected chi connectivity index (χ3v) is 6.40. The number of carboxylic acid groups (broad SMARTS) is 2. The van der Waals surface area contributed by atoms with Crippen LogP contribution < -0.4 is 10.9 Å². The summed E-state index contributed by atoms with van der Waals surface area (Å²) in [4.78, 5) is 49.0. The Morgan fingerprint density at radius 3 is 2.24 bits per heavy atom. The van der Waals surface area contributed by atoms with E-state index in [1.165, 1.54) is 4.57 Å². The van der Waals surface area contributed by atoms with Crippen LogP contribution in [0.3, 0.4) is 0 Å². The number of aromatic carboxylic acids is 1. The molecule has 0 saturated heterocycles. The van der Waals surface area contributed by atoms with E-state index >= 15 is 0 Å². The summed E-state index contributed by atoms with van der Waals surface area (Å²) in [7, 11) is 0. The Balaban J connectivity index is 1.73. The number of benzene rings is 3. The van der Waals surface area contributed by atoms with Gasteiger partial charge in [0.15, 0.2) is 0 Å². The number of amides is 1. The first-order valence-corrected chi connectivity index (χ1v) is 12.3. The summed E-state index contributed by atoms with van der Waals surface area (Å²) in [6.07, 6.45) is 0.288. The molecule has 1 heterocycles. The predicted molar refractivity (Wildman–Crippen MR) is 143 cm³/mol. The van der Waals surface area contributed by atoms with E-state index in [1.54, 1.807) is 54.6 Å². The number of aromatic nitrogens is 1. The van der Waals surface area contributed by atoms with E-state index in [1.807, 2.05) is 18.2 Å². The van der Waals surface area contributed by atoms with Crippen molar-refractivity contribution in [2.24, 2.45) is 0 Å². The standard InChI is InChI=1S/C28H23BrN2O6/c29-20-12-13-21-22(15-20)24(18-5-2-1-3-6-18)25(28(36)37)31(27(21)35)16-17-8-10-19(11-9-17)26(34)30-14-4-7-23(32)33/h1-3,5-6,8-13,15H,4,7,14,16H2,(H,30,34)(H,32,33)(H,36,37). The summed E-state index contributed by atoms with van der Waals surface area (Å²) in [5.41, 5.74) is 1.58. The molecule has 0 aliphatic carbocycles. The van der Waals surface area contributed by atoms with Crippen molar-refractivity contribution in [3.63, 3.8) is 0 Å². The van der Waals surface area contributed by atoms with Crippen LogP contribution >= 0.6 is 15.9 Å². The van der Waals surface area contributed by atoms with Crippen LogP contribution in [-0.4, -0.2) is 39.2 Å². The highest BCUT2D eigenvalue weighted by atomic mass is 79.9. The number of rotatable bonds is 9. The van der Waals surface area contributed by atoms with Crippen LogP contribution in [0.1, 0.15) is 39.3 Å². The maximum atomic E-state index is 13.5. The minimum Gasteiger partial charge on any atom is -0.481 e. The van der Waals surface area contributed by atoms with E-state index in [9.17, 15) is 24.3 Å². The predicted octanol–water partition coefficient (Wildman–Crippen LogP) is 4.77. The third-order valence-electron chi connectivity index (χ3n) is 5.91. The van der Waals surface area contributed by atoms with Crippen LogP contribution in [-0.2, 0) is 11.3 Å². The van der Waals surface area contributed by atoms with E-state index in [2.05, 4.69) is 21.2 Å². The quantitative estimate of drug-likeness (QED) is 0.252. The fraction of sp³-hybridized carbons (Fsp3) is 0.143. The van der Waals surface area contributed by atoms with E-state index in [0.29, 0.717) is 39.4 Å². The Morgan fingerprint density at radius 1 is 0.892 bits per heavy atom. The number of nitrogens with one attached hydrogen (secondary N) is 1. The SMILES string of the molecule is O=C(O)CCCNC(=O)c1ccc(Cn2c(C(=O)O)c(-c3ccccc3)c3cc(Br)ccc3c2=O)cc1. The molecule has 0 saturated carbocycles. The van der Waals surface area contributed by atoms with Crippen LogP contribution in [0.5, 0.6) is 0 Å². The zero-order valence-electron chi connectivity index (χ0n) is 19.6. The molecular formula is C28H23BrN2O6. The van der Waals surface area contributed by atoms with Crippen molar-refractivity contribution in [3.05, 3.63) is 104 Å². The topological polar surface area (TPSA) is 126 Å². The first kappa shape index (κ1) is 25.8. The zero-order chi connectivity index (χ0) is 26.5. The van der Waals surface area contributed by atoms with Crippen LogP contribution in [0, 0.1) is 0 Å². The van der Waals surface area contributed by atoms with Gasteiger partial charge in [-0.15, -0.1) is 0 Å². The number of nitrogens with zero attached hydrogens (tertiary/aromatic N) is 1. The molecule has 0 fully saturated rings.